The fourth-order valence-corrected chi connectivity index (χ4v) is 3.09. The largest absolute Gasteiger partial charge is 0.443 e. The third-order valence-electron chi connectivity index (χ3n) is 4.56. The van der Waals surface area contributed by atoms with E-state index in [1.165, 1.54) is 5.06 Å². The molecule has 0 bridgehead atoms. The second-order valence-corrected chi connectivity index (χ2v) is 13.3. The lowest BCUT2D eigenvalue weighted by atomic mass is 10.2. The average Bonchev–Trinajstić information content (AvgIpc) is 2.58. The molecule has 4 nitrogen and oxygen atoms in total. The third-order valence-corrected chi connectivity index (χ3v) is 9.34. The molecule has 0 spiro atoms. The number of rotatable bonds is 5. The van der Waals surface area contributed by atoms with Crippen LogP contribution in [0.2, 0.25) is 18.1 Å². The van der Waals surface area contributed by atoms with Crippen LogP contribution in [-0.4, -0.2) is 14.4 Å². The van der Waals surface area contributed by atoms with Gasteiger partial charge in [-0.15, -0.1) is 0 Å². The first kappa shape index (κ1) is 20.7. The second kappa shape index (κ2) is 8.37. The number of halogens is 1. The maximum Gasteiger partial charge on any atom is 0.438 e. The van der Waals surface area contributed by atoms with Crippen molar-refractivity contribution in [2.24, 2.45) is 0 Å². The summed E-state index contributed by atoms with van der Waals surface area (Å²) in [6, 6.07) is 17.0. The highest BCUT2D eigenvalue weighted by Crippen LogP contribution is 2.38. The van der Waals surface area contributed by atoms with Crippen molar-refractivity contribution >= 4 is 36.0 Å². The summed E-state index contributed by atoms with van der Waals surface area (Å²) in [5, 5.41) is 1.26. The summed E-state index contributed by atoms with van der Waals surface area (Å²) in [6.45, 7) is 10.8. The molecule has 2 rings (SSSR count). The topological polar surface area (TPSA) is 38.8 Å². The van der Waals surface area contributed by atoms with Gasteiger partial charge in [0.2, 0.25) is 8.32 Å². The lowest BCUT2D eigenvalue weighted by Crippen LogP contribution is -2.49. The molecule has 0 fully saturated rings. The van der Waals surface area contributed by atoms with Crippen LogP contribution in [0.1, 0.15) is 26.3 Å². The zero-order valence-corrected chi connectivity index (χ0v) is 18.5. The minimum atomic E-state index is -2.22. The lowest BCUT2D eigenvalue weighted by molar-refractivity contribution is 0.117. The van der Waals surface area contributed by atoms with E-state index in [9.17, 15) is 4.79 Å². The maximum atomic E-state index is 12.8. The number of ether oxygens (including phenoxy) is 1. The minimum absolute atomic E-state index is 0.0413. The van der Waals surface area contributed by atoms with Crippen molar-refractivity contribution in [1.29, 1.82) is 0 Å². The number of benzene rings is 2. The predicted octanol–water partition coefficient (Wildman–Crippen LogP) is 6.53. The molecule has 0 aliphatic rings. The molecule has 0 radical (unpaired) electrons. The van der Waals surface area contributed by atoms with E-state index in [1.54, 1.807) is 0 Å². The quantitative estimate of drug-likeness (QED) is 0.395. The highest BCUT2D eigenvalue weighted by atomic mass is 79.9. The Morgan fingerprint density at radius 3 is 2.15 bits per heavy atom. The van der Waals surface area contributed by atoms with Crippen molar-refractivity contribution in [1.82, 2.24) is 0 Å². The zero-order chi connectivity index (χ0) is 19.4. The van der Waals surface area contributed by atoms with E-state index in [0.29, 0.717) is 5.69 Å². The van der Waals surface area contributed by atoms with Gasteiger partial charge < -0.3 is 9.26 Å². The first-order valence-corrected chi connectivity index (χ1v) is 12.3. The van der Waals surface area contributed by atoms with Crippen LogP contribution in [-0.2, 0) is 15.9 Å². The molecule has 140 valence electrons. The number of anilines is 1. The molecule has 0 saturated carbocycles. The van der Waals surface area contributed by atoms with Gasteiger partial charge in [-0.05, 0) is 48.0 Å². The molecule has 0 atom stereocenters. The summed E-state index contributed by atoms with van der Waals surface area (Å²) in [6.07, 6.45) is -0.513. The SMILES string of the molecule is CC(C)(C)[Si](C)(C)ON(C(=O)OCc1ccccc1)c1ccc(Br)cc1. The van der Waals surface area contributed by atoms with E-state index in [-0.39, 0.29) is 11.6 Å². The summed E-state index contributed by atoms with van der Waals surface area (Å²) < 4.78 is 12.7. The molecule has 1 amide bonds. The third kappa shape index (κ3) is 5.43. The highest BCUT2D eigenvalue weighted by Gasteiger charge is 2.41. The van der Waals surface area contributed by atoms with E-state index in [4.69, 9.17) is 9.26 Å². The maximum absolute atomic E-state index is 12.8. The van der Waals surface area contributed by atoms with Crippen LogP contribution in [0.15, 0.2) is 59.1 Å². The van der Waals surface area contributed by atoms with Crippen LogP contribution in [0, 0.1) is 0 Å². The fraction of sp³-hybridized carbons (Fsp3) is 0.350. The van der Waals surface area contributed by atoms with Crippen LogP contribution < -0.4 is 5.06 Å². The molecular weight excluding hydrogens is 410 g/mol. The van der Waals surface area contributed by atoms with Gasteiger partial charge in [0.25, 0.3) is 0 Å². The molecular formula is C20H26BrNO3Si. The molecule has 2 aromatic rings. The van der Waals surface area contributed by atoms with Crippen LogP contribution in [0.25, 0.3) is 0 Å². The van der Waals surface area contributed by atoms with Crippen molar-refractivity contribution in [3.8, 4) is 0 Å². The second-order valence-electron chi connectivity index (χ2n) is 7.66. The predicted molar refractivity (Wildman–Crippen MR) is 112 cm³/mol. The summed E-state index contributed by atoms with van der Waals surface area (Å²) in [7, 11) is -2.22. The van der Waals surface area contributed by atoms with Crippen LogP contribution in [0.3, 0.4) is 0 Å². The van der Waals surface area contributed by atoms with E-state index in [2.05, 4.69) is 49.8 Å². The Kier molecular flexibility index (Phi) is 6.66. The van der Waals surface area contributed by atoms with Gasteiger partial charge >= 0.3 is 6.09 Å². The van der Waals surface area contributed by atoms with Crippen molar-refractivity contribution in [2.75, 3.05) is 5.06 Å². The Morgan fingerprint density at radius 1 is 1.04 bits per heavy atom. The monoisotopic (exact) mass is 435 g/mol. The standard InChI is InChI=1S/C20H26BrNO3Si/c1-20(2,3)26(4,5)25-22(18-13-11-17(21)12-14-18)19(23)24-15-16-9-7-6-8-10-16/h6-14H,15H2,1-5H3. The number of nitrogens with zero attached hydrogens (tertiary/aromatic N) is 1. The molecule has 0 N–H and O–H groups in total. The van der Waals surface area contributed by atoms with E-state index in [0.717, 1.165) is 10.0 Å². The summed E-state index contributed by atoms with van der Waals surface area (Å²) in [4.78, 5) is 12.8. The number of hydrogen-bond acceptors (Lipinski definition) is 3. The number of hydroxylamine groups is 1. The molecule has 0 aliphatic heterocycles. The average molecular weight is 436 g/mol. The summed E-state index contributed by atoms with van der Waals surface area (Å²) >= 11 is 3.42. The Morgan fingerprint density at radius 2 is 1.62 bits per heavy atom. The molecule has 0 unspecified atom stereocenters. The van der Waals surface area contributed by atoms with E-state index < -0.39 is 14.4 Å². The first-order chi connectivity index (χ1) is 12.1. The van der Waals surface area contributed by atoms with Crippen molar-refractivity contribution in [3.63, 3.8) is 0 Å². The molecule has 0 aromatic heterocycles. The molecule has 6 heteroatoms. The number of carbonyl (C=O) groups excluding carboxylic acids is 1. The van der Waals surface area contributed by atoms with Gasteiger partial charge in [-0.25, -0.2) is 4.79 Å². The number of carbonyl (C=O) groups is 1. The van der Waals surface area contributed by atoms with Crippen LogP contribution in [0.5, 0.6) is 0 Å². The van der Waals surface area contributed by atoms with E-state index in [1.807, 2.05) is 54.6 Å². The number of amides is 1. The van der Waals surface area contributed by atoms with E-state index >= 15 is 0 Å². The van der Waals surface area contributed by atoms with Gasteiger partial charge in [0.15, 0.2) is 0 Å². The fourth-order valence-electron chi connectivity index (χ4n) is 1.91. The van der Waals surface area contributed by atoms with Crippen molar-refractivity contribution in [2.45, 2.75) is 45.5 Å². The van der Waals surface area contributed by atoms with Gasteiger partial charge in [-0.2, -0.15) is 5.06 Å². The zero-order valence-electron chi connectivity index (χ0n) is 16.0. The highest BCUT2D eigenvalue weighted by molar-refractivity contribution is 9.10. The Hall–Kier alpha value is -1.63. The number of hydrogen-bond donors (Lipinski definition) is 0. The molecule has 0 heterocycles. The summed E-state index contributed by atoms with van der Waals surface area (Å²) in [5.41, 5.74) is 1.58. The normalized spacial score (nSPS) is 11.9. The van der Waals surface area contributed by atoms with Gasteiger partial charge in [-0.3, -0.25) is 0 Å². The van der Waals surface area contributed by atoms with Gasteiger partial charge in [0, 0.05) is 4.47 Å². The van der Waals surface area contributed by atoms with Crippen molar-refractivity contribution in [3.05, 3.63) is 64.6 Å². The lowest BCUT2D eigenvalue weighted by Gasteiger charge is -2.39. The molecule has 2 aromatic carbocycles. The molecule has 0 aliphatic carbocycles. The molecule has 0 saturated heterocycles. The first-order valence-electron chi connectivity index (χ1n) is 8.56. The van der Waals surface area contributed by atoms with Crippen LogP contribution >= 0.6 is 15.9 Å². The van der Waals surface area contributed by atoms with Crippen LogP contribution in [0.4, 0.5) is 10.5 Å². The smallest absolute Gasteiger partial charge is 0.438 e. The minimum Gasteiger partial charge on any atom is -0.443 e. The Balaban J connectivity index is 2.22. The van der Waals surface area contributed by atoms with Crippen molar-refractivity contribution < 1.29 is 14.1 Å². The van der Waals surface area contributed by atoms with Gasteiger partial charge in [-0.1, -0.05) is 67.0 Å². The summed E-state index contributed by atoms with van der Waals surface area (Å²) in [5.74, 6) is 0. The van der Waals surface area contributed by atoms with Gasteiger partial charge in [0.05, 0.1) is 5.69 Å². The van der Waals surface area contributed by atoms with Gasteiger partial charge in [0.1, 0.15) is 6.61 Å². The Labute approximate surface area is 165 Å². The molecule has 26 heavy (non-hydrogen) atoms. The Bertz CT molecular complexity index is 727.